The SMILES string of the molecule is Cc1ccccc1C1CC(C(=O)N2CCC(NC(=O)Cc3cccs3)CC2)NN1. The van der Waals surface area contributed by atoms with Crippen molar-refractivity contribution in [3.05, 3.63) is 57.8 Å². The van der Waals surface area contributed by atoms with Crippen molar-refractivity contribution in [2.75, 3.05) is 13.1 Å². The van der Waals surface area contributed by atoms with Crippen molar-refractivity contribution >= 4 is 23.2 Å². The van der Waals surface area contributed by atoms with Crippen LogP contribution in [-0.4, -0.2) is 41.9 Å². The normalized spacial score (nSPS) is 22.6. The number of nitrogens with zero attached hydrogens (tertiary/aromatic N) is 1. The number of hydrogen-bond acceptors (Lipinski definition) is 5. The number of thiophene rings is 1. The van der Waals surface area contributed by atoms with Crippen LogP contribution >= 0.6 is 11.3 Å². The van der Waals surface area contributed by atoms with Gasteiger partial charge in [-0.3, -0.25) is 9.59 Å². The fraction of sp³-hybridized carbons (Fsp3) is 0.455. The highest BCUT2D eigenvalue weighted by Gasteiger charge is 2.34. The highest BCUT2D eigenvalue weighted by atomic mass is 32.1. The predicted octanol–water partition coefficient (Wildman–Crippen LogP) is 2.31. The van der Waals surface area contributed by atoms with Gasteiger partial charge in [-0.15, -0.1) is 11.3 Å². The number of amides is 2. The minimum atomic E-state index is -0.204. The van der Waals surface area contributed by atoms with Gasteiger partial charge in [-0.25, -0.2) is 10.9 Å². The molecule has 7 heteroatoms. The molecule has 1 aromatic heterocycles. The Balaban J connectivity index is 1.24. The molecule has 4 rings (SSSR count). The molecule has 0 spiro atoms. The second-order valence-corrected chi connectivity index (χ2v) is 8.94. The standard InChI is InChI=1S/C22H28N4O2S/c1-15-5-2-3-7-18(15)19-14-20(25-24-19)22(28)26-10-8-16(9-11-26)23-21(27)13-17-6-4-12-29-17/h2-7,12,16,19-20,24-25H,8-11,13-14H2,1H3,(H,23,27). The Hall–Kier alpha value is -2.22. The number of benzene rings is 1. The van der Waals surface area contributed by atoms with Gasteiger partial charge < -0.3 is 10.2 Å². The molecule has 2 atom stereocenters. The van der Waals surface area contributed by atoms with Crippen molar-refractivity contribution in [1.29, 1.82) is 0 Å². The molecule has 154 valence electrons. The van der Waals surface area contributed by atoms with Crippen LogP contribution in [0.15, 0.2) is 41.8 Å². The molecule has 0 saturated carbocycles. The number of hydrazine groups is 1. The maximum absolute atomic E-state index is 12.9. The Morgan fingerprint density at radius 3 is 2.66 bits per heavy atom. The number of likely N-dealkylation sites (tertiary alicyclic amines) is 1. The Morgan fingerprint density at radius 1 is 1.14 bits per heavy atom. The van der Waals surface area contributed by atoms with Gasteiger partial charge in [0.1, 0.15) is 6.04 Å². The molecule has 2 aliphatic heterocycles. The van der Waals surface area contributed by atoms with Gasteiger partial charge in [0, 0.05) is 30.1 Å². The topological polar surface area (TPSA) is 73.5 Å². The zero-order valence-electron chi connectivity index (χ0n) is 16.7. The minimum Gasteiger partial charge on any atom is -0.353 e. The van der Waals surface area contributed by atoms with Gasteiger partial charge in [0.25, 0.3) is 0 Å². The zero-order valence-corrected chi connectivity index (χ0v) is 17.5. The molecule has 2 unspecified atom stereocenters. The molecule has 6 nitrogen and oxygen atoms in total. The molecule has 2 aromatic rings. The minimum absolute atomic E-state index is 0.0694. The summed E-state index contributed by atoms with van der Waals surface area (Å²) >= 11 is 1.60. The molecule has 2 saturated heterocycles. The third-order valence-corrected chi connectivity index (χ3v) is 6.73. The van der Waals surface area contributed by atoms with Crippen LogP contribution in [0.4, 0.5) is 0 Å². The molecule has 0 bridgehead atoms. The van der Waals surface area contributed by atoms with Crippen molar-refractivity contribution < 1.29 is 9.59 Å². The van der Waals surface area contributed by atoms with Gasteiger partial charge in [0.15, 0.2) is 0 Å². The van der Waals surface area contributed by atoms with E-state index in [0.717, 1.165) is 24.1 Å². The van der Waals surface area contributed by atoms with Crippen LogP contribution in [-0.2, 0) is 16.0 Å². The van der Waals surface area contributed by atoms with Crippen LogP contribution < -0.4 is 16.2 Å². The van der Waals surface area contributed by atoms with Crippen LogP contribution in [0, 0.1) is 6.92 Å². The van der Waals surface area contributed by atoms with Crippen molar-refractivity contribution in [2.45, 2.75) is 50.7 Å². The molecule has 3 heterocycles. The first-order chi connectivity index (χ1) is 14.1. The lowest BCUT2D eigenvalue weighted by atomic mass is 9.97. The van der Waals surface area contributed by atoms with E-state index in [1.165, 1.54) is 11.1 Å². The summed E-state index contributed by atoms with van der Waals surface area (Å²) in [4.78, 5) is 28.2. The van der Waals surface area contributed by atoms with E-state index in [2.05, 4.69) is 35.2 Å². The van der Waals surface area contributed by atoms with E-state index in [1.54, 1.807) is 11.3 Å². The largest absolute Gasteiger partial charge is 0.353 e. The number of piperidine rings is 1. The number of rotatable bonds is 5. The molecule has 3 N–H and O–H groups in total. The maximum atomic E-state index is 12.9. The number of hydrogen-bond donors (Lipinski definition) is 3. The molecule has 0 aliphatic carbocycles. The van der Waals surface area contributed by atoms with Gasteiger partial charge in [-0.2, -0.15) is 0 Å². The van der Waals surface area contributed by atoms with E-state index < -0.39 is 0 Å². The zero-order chi connectivity index (χ0) is 20.2. The van der Waals surface area contributed by atoms with Gasteiger partial charge in [-0.05, 0) is 48.8 Å². The molecule has 2 aliphatic rings. The van der Waals surface area contributed by atoms with E-state index in [9.17, 15) is 9.59 Å². The second kappa shape index (κ2) is 9.07. The molecular weight excluding hydrogens is 384 g/mol. The molecule has 0 radical (unpaired) electrons. The Labute approximate surface area is 175 Å². The summed E-state index contributed by atoms with van der Waals surface area (Å²) in [6, 6.07) is 12.3. The summed E-state index contributed by atoms with van der Waals surface area (Å²) in [6.45, 7) is 3.48. The lowest BCUT2D eigenvalue weighted by Gasteiger charge is -2.33. The Morgan fingerprint density at radius 2 is 1.93 bits per heavy atom. The number of carbonyl (C=O) groups excluding carboxylic acids is 2. The van der Waals surface area contributed by atoms with Gasteiger partial charge >= 0.3 is 0 Å². The molecule has 2 fully saturated rings. The van der Waals surface area contributed by atoms with Crippen LogP contribution in [0.3, 0.4) is 0 Å². The third kappa shape index (κ3) is 4.86. The molecule has 1 aromatic carbocycles. The van der Waals surface area contributed by atoms with E-state index in [0.29, 0.717) is 19.5 Å². The molecular formula is C22H28N4O2S. The first-order valence-corrected chi connectivity index (χ1v) is 11.1. The lowest BCUT2D eigenvalue weighted by molar-refractivity contribution is -0.134. The first-order valence-electron chi connectivity index (χ1n) is 10.3. The van der Waals surface area contributed by atoms with Crippen LogP contribution in [0.25, 0.3) is 0 Å². The smallest absolute Gasteiger partial charge is 0.241 e. The van der Waals surface area contributed by atoms with E-state index in [4.69, 9.17) is 0 Å². The van der Waals surface area contributed by atoms with Crippen molar-refractivity contribution in [1.82, 2.24) is 21.1 Å². The highest BCUT2D eigenvalue weighted by Crippen LogP contribution is 2.26. The highest BCUT2D eigenvalue weighted by molar-refractivity contribution is 7.10. The monoisotopic (exact) mass is 412 g/mol. The predicted molar refractivity (Wildman–Crippen MR) is 114 cm³/mol. The van der Waals surface area contributed by atoms with E-state index >= 15 is 0 Å². The number of carbonyl (C=O) groups is 2. The van der Waals surface area contributed by atoms with Crippen LogP contribution in [0.1, 0.15) is 41.3 Å². The second-order valence-electron chi connectivity index (χ2n) is 7.91. The summed E-state index contributed by atoms with van der Waals surface area (Å²) in [5.41, 5.74) is 8.95. The van der Waals surface area contributed by atoms with Crippen molar-refractivity contribution in [3.8, 4) is 0 Å². The van der Waals surface area contributed by atoms with Gasteiger partial charge in [-0.1, -0.05) is 30.3 Å². The number of nitrogens with one attached hydrogen (secondary N) is 3. The van der Waals surface area contributed by atoms with Gasteiger partial charge in [0.2, 0.25) is 11.8 Å². The van der Waals surface area contributed by atoms with E-state index in [1.807, 2.05) is 34.5 Å². The lowest BCUT2D eigenvalue weighted by Crippen LogP contribution is -2.51. The summed E-state index contributed by atoms with van der Waals surface area (Å²) in [6.07, 6.45) is 2.81. The van der Waals surface area contributed by atoms with Crippen molar-refractivity contribution in [2.24, 2.45) is 0 Å². The summed E-state index contributed by atoms with van der Waals surface area (Å²) < 4.78 is 0. The first kappa shape index (κ1) is 20.1. The third-order valence-electron chi connectivity index (χ3n) is 5.85. The summed E-state index contributed by atoms with van der Waals surface area (Å²) in [5.74, 6) is 0.219. The maximum Gasteiger partial charge on any atom is 0.241 e. The quantitative estimate of drug-likeness (QED) is 0.705. The Bertz CT molecular complexity index is 846. The van der Waals surface area contributed by atoms with E-state index in [-0.39, 0.29) is 29.9 Å². The van der Waals surface area contributed by atoms with Crippen molar-refractivity contribution in [3.63, 3.8) is 0 Å². The number of aryl methyl sites for hydroxylation is 1. The Kier molecular flexibility index (Phi) is 6.28. The fourth-order valence-corrected chi connectivity index (χ4v) is 4.92. The average Bonchev–Trinajstić information content (AvgIpc) is 3.40. The van der Waals surface area contributed by atoms with Gasteiger partial charge in [0.05, 0.1) is 6.42 Å². The van der Waals surface area contributed by atoms with Crippen LogP contribution in [0.2, 0.25) is 0 Å². The molecule has 29 heavy (non-hydrogen) atoms. The summed E-state index contributed by atoms with van der Waals surface area (Å²) in [5, 5.41) is 5.11. The summed E-state index contributed by atoms with van der Waals surface area (Å²) in [7, 11) is 0. The van der Waals surface area contributed by atoms with Crippen LogP contribution in [0.5, 0.6) is 0 Å². The average molecular weight is 413 g/mol. The molecule has 2 amide bonds. The fourth-order valence-electron chi connectivity index (χ4n) is 4.21.